The lowest BCUT2D eigenvalue weighted by molar-refractivity contribution is -0.117. The number of amides is 2. The lowest BCUT2D eigenvalue weighted by atomic mass is 10.1. The smallest absolute Gasteiger partial charge is 0.255 e. The molecule has 0 saturated carbocycles. The highest BCUT2D eigenvalue weighted by molar-refractivity contribution is 9.10. The zero-order valence-electron chi connectivity index (χ0n) is 12.8. The van der Waals surface area contributed by atoms with Crippen molar-refractivity contribution in [1.29, 1.82) is 0 Å². The van der Waals surface area contributed by atoms with Gasteiger partial charge in [0.2, 0.25) is 5.91 Å². The van der Waals surface area contributed by atoms with Crippen LogP contribution in [0.1, 0.15) is 28.8 Å². The molecule has 5 heteroatoms. The first-order valence-corrected chi connectivity index (χ1v) is 8.32. The molecule has 1 saturated heterocycles. The molecular formula is C18H17BrN2O2. The van der Waals surface area contributed by atoms with Gasteiger partial charge in [-0.3, -0.25) is 9.59 Å². The SMILES string of the molecule is Cc1cc(NC(=O)c2cccc(N3CCCC3=O)c2)ccc1Br. The van der Waals surface area contributed by atoms with E-state index in [1.807, 2.05) is 37.3 Å². The van der Waals surface area contributed by atoms with E-state index in [-0.39, 0.29) is 11.8 Å². The van der Waals surface area contributed by atoms with E-state index in [9.17, 15) is 9.59 Å². The van der Waals surface area contributed by atoms with Gasteiger partial charge in [0.05, 0.1) is 0 Å². The molecule has 0 atom stereocenters. The van der Waals surface area contributed by atoms with Crippen molar-refractivity contribution in [3.05, 3.63) is 58.1 Å². The molecule has 0 aromatic heterocycles. The largest absolute Gasteiger partial charge is 0.322 e. The van der Waals surface area contributed by atoms with Gasteiger partial charge in [-0.15, -0.1) is 0 Å². The van der Waals surface area contributed by atoms with E-state index >= 15 is 0 Å². The van der Waals surface area contributed by atoms with Gasteiger partial charge in [-0.05, 0) is 55.3 Å². The number of anilines is 2. The van der Waals surface area contributed by atoms with Crippen molar-refractivity contribution in [2.45, 2.75) is 19.8 Å². The Hall–Kier alpha value is -2.14. The number of carbonyl (C=O) groups excluding carboxylic acids is 2. The molecule has 118 valence electrons. The second-order valence-electron chi connectivity index (χ2n) is 5.62. The Morgan fingerprint density at radius 1 is 1.22 bits per heavy atom. The van der Waals surface area contributed by atoms with E-state index in [0.29, 0.717) is 12.0 Å². The Kier molecular flexibility index (Phi) is 4.48. The molecule has 1 aliphatic rings. The van der Waals surface area contributed by atoms with Crippen LogP contribution in [0, 0.1) is 6.92 Å². The van der Waals surface area contributed by atoms with Crippen molar-refractivity contribution in [3.8, 4) is 0 Å². The van der Waals surface area contributed by atoms with Gasteiger partial charge >= 0.3 is 0 Å². The molecule has 2 aromatic carbocycles. The first kappa shape index (κ1) is 15.7. The number of benzene rings is 2. The molecule has 3 rings (SSSR count). The summed E-state index contributed by atoms with van der Waals surface area (Å²) in [5.41, 5.74) is 3.13. The summed E-state index contributed by atoms with van der Waals surface area (Å²) in [4.78, 5) is 26.0. The summed E-state index contributed by atoms with van der Waals surface area (Å²) < 4.78 is 1.00. The molecule has 0 radical (unpaired) electrons. The fourth-order valence-corrected chi connectivity index (χ4v) is 2.91. The van der Waals surface area contributed by atoms with Crippen molar-refractivity contribution in [1.82, 2.24) is 0 Å². The maximum Gasteiger partial charge on any atom is 0.255 e. The summed E-state index contributed by atoms with van der Waals surface area (Å²) in [5.74, 6) is -0.0636. The maximum absolute atomic E-state index is 12.4. The summed E-state index contributed by atoms with van der Waals surface area (Å²) in [7, 11) is 0. The molecule has 1 fully saturated rings. The summed E-state index contributed by atoms with van der Waals surface area (Å²) in [5, 5.41) is 2.89. The van der Waals surface area contributed by atoms with Gasteiger partial charge in [-0.2, -0.15) is 0 Å². The predicted molar refractivity (Wildman–Crippen MR) is 94.9 cm³/mol. The maximum atomic E-state index is 12.4. The van der Waals surface area contributed by atoms with Gasteiger partial charge in [0.25, 0.3) is 5.91 Å². The van der Waals surface area contributed by atoms with Crippen LogP contribution in [0.25, 0.3) is 0 Å². The van der Waals surface area contributed by atoms with Crippen molar-refractivity contribution in [2.24, 2.45) is 0 Å². The average Bonchev–Trinajstić information content (AvgIpc) is 2.97. The third-order valence-corrected chi connectivity index (χ3v) is 4.80. The first-order valence-electron chi connectivity index (χ1n) is 7.52. The van der Waals surface area contributed by atoms with Gasteiger partial charge in [-0.25, -0.2) is 0 Å². The Labute approximate surface area is 143 Å². The van der Waals surface area contributed by atoms with E-state index in [2.05, 4.69) is 21.2 Å². The molecule has 23 heavy (non-hydrogen) atoms. The first-order chi connectivity index (χ1) is 11.0. The van der Waals surface area contributed by atoms with E-state index in [0.717, 1.165) is 34.4 Å². The Morgan fingerprint density at radius 2 is 2.04 bits per heavy atom. The minimum atomic E-state index is -0.180. The minimum absolute atomic E-state index is 0.117. The number of nitrogens with zero attached hydrogens (tertiary/aromatic N) is 1. The number of hydrogen-bond donors (Lipinski definition) is 1. The van der Waals surface area contributed by atoms with Crippen LogP contribution >= 0.6 is 15.9 Å². The van der Waals surface area contributed by atoms with E-state index in [4.69, 9.17) is 0 Å². The molecule has 1 heterocycles. The standard InChI is InChI=1S/C18H17BrN2O2/c1-12-10-14(7-8-16(12)19)20-18(23)13-4-2-5-15(11-13)21-9-3-6-17(21)22/h2,4-5,7-8,10-11H,3,6,9H2,1H3,(H,20,23). The number of nitrogens with one attached hydrogen (secondary N) is 1. The van der Waals surface area contributed by atoms with Gasteiger partial charge in [0.1, 0.15) is 0 Å². The lowest BCUT2D eigenvalue weighted by Crippen LogP contribution is -2.24. The van der Waals surface area contributed by atoms with Crippen LogP contribution in [0.15, 0.2) is 46.9 Å². The zero-order valence-corrected chi connectivity index (χ0v) is 14.4. The molecule has 1 aliphatic heterocycles. The van der Waals surface area contributed by atoms with E-state index in [1.165, 1.54) is 0 Å². The van der Waals surface area contributed by atoms with Gasteiger partial charge in [0.15, 0.2) is 0 Å². The van der Waals surface area contributed by atoms with Crippen molar-refractivity contribution in [3.63, 3.8) is 0 Å². The molecule has 0 bridgehead atoms. The van der Waals surface area contributed by atoms with E-state index < -0.39 is 0 Å². The third-order valence-electron chi connectivity index (χ3n) is 3.91. The average molecular weight is 373 g/mol. The minimum Gasteiger partial charge on any atom is -0.322 e. The molecule has 0 aliphatic carbocycles. The molecule has 0 unspecified atom stereocenters. The van der Waals surface area contributed by atoms with Crippen LogP contribution in [0.3, 0.4) is 0 Å². The highest BCUT2D eigenvalue weighted by atomic mass is 79.9. The number of aryl methyl sites for hydroxylation is 1. The Balaban J connectivity index is 1.79. The van der Waals surface area contributed by atoms with Gasteiger partial charge < -0.3 is 10.2 Å². The van der Waals surface area contributed by atoms with Crippen molar-refractivity contribution >= 4 is 39.1 Å². The number of rotatable bonds is 3. The molecule has 0 spiro atoms. The number of halogens is 1. The normalized spacial score (nSPS) is 14.2. The van der Waals surface area contributed by atoms with Gasteiger partial charge in [-0.1, -0.05) is 22.0 Å². The zero-order chi connectivity index (χ0) is 16.4. The van der Waals surface area contributed by atoms with Crippen molar-refractivity contribution < 1.29 is 9.59 Å². The highest BCUT2D eigenvalue weighted by Crippen LogP contribution is 2.24. The number of hydrogen-bond acceptors (Lipinski definition) is 2. The molecule has 2 aromatic rings. The highest BCUT2D eigenvalue weighted by Gasteiger charge is 2.22. The van der Waals surface area contributed by atoms with Crippen LogP contribution < -0.4 is 10.2 Å². The molecule has 4 nitrogen and oxygen atoms in total. The summed E-state index contributed by atoms with van der Waals surface area (Å²) in [6.45, 7) is 2.69. The fourth-order valence-electron chi connectivity index (χ4n) is 2.66. The van der Waals surface area contributed by atoms with Crippen LogP contribution in [-0.4, -0.2) is 18.4 Å². The van der Waals surface area contributed by atoms with Gasteiger partial charge in [0, 0.05) is 34.4 Å². The third kappa shape index (κ3) is 3.45. The summed E-state index contributed by atoms with van der Waals surface area (Å²) in [6.07, 6.45) is 1.45. The molecule has 1 N–H and O–H groups in total. The Morgan fingerprint density at radius 3 is 2.74 bits per heavy atom. The van der Waals surface area contributed by atoms with Crippen molar-refractivity contribution in [2.75, 3.05) is 16.8 Å². The topological polar surface area (TPSA) is 49.4 Å². The predicted octanol–water partition coefficient (Wildman–Crippen LogP) is 4.14. The quantitative estimate of drug-likeness (QED) is 0.879. The molecule has 2 amide bonds. The summed E-state index contributed by atoms with van der Waals surface area (Å²) >= 11 is 3.44. The Bertz CT molecular complexity index is 773. The summed E-state index contributed by atoms with van der Waals surface area (Å²) in [6, 6.07) is 12.9. The second kappa shape index (κ2) is 6.54. The van der Waals surface area contributed by atoms with E-state index in [1.54, 1.807) is 17.0 Å². The monoisotopic (exact) mass is 372 g/mol. The lowest BCUT2D eigenvalue weighted by Gasteiger charge is -2.16. The number of carbonyl (C=O) groups is 2. The van der Waals surface area contributed by atoms with Crippen LogP contribution in [0.2, 0.25) is 0 Å². The molecular weight excluding hydrogens is 356 g/mol. The second-order valence-corrected chi connectivity index (χ2v) is 6.47. The van der Waals surface area contributed by atoms with Crippen LogP contribution in [-0.2, 0) is 4.79 Å². The van der Waals surface area contributed by atoms with Crippen LogP contribution in [0.5, 0.6) is 0 Å². The fraction of sp³-hybridized carbons (Fsp3) is 0.222. The van der Waals surface area contributed by atoms with Crippen LogP contribution in [0.4, 0.5) is 11.4 Å².